The van der Waals surface area contributed by atoms with E-state index in [1.54, 1.807) is 22.1 Å². The number of hydrogen-bond acceptors (Lipinski definition) is 5. The lowest BCUT2D eigenvalue weighted by Crippen LogP contribution is -2.26. The van der Waals surface area contributed by atoms with Crippen LogP contribution in [0.15, 0.2) is 23.6 Å². The van der Waals surface area contributed by atoms with Gasteiger partial charge in [-0.2, -0.15) is 5.10 Å². The van der Waals surface area contributed by atoms with Gasteiger partial charge in [-0.05, 0) is 36.3 Å². The fraction of sp³-hybridized carbons (Fsp3) is 0.529. The molecule has 136 valence electrons. The van der Waals surface area contributed by atoms with Gasteiger partial charge in [0, 0.05) is 6.54 Å². The van der Waals surface area contributed by atoms with Crippen LogP contribution in [0.1, 0.15) is 43.2 Å². The van der Waals surface area contributed by atoms with E-state index < -0.39 is 9.84 Å². The van der Waals surface area contributed by atoms with E-state index in [0.717, 1.165) is 17.0 Å². The van der Waals surface area contributed by atoms with Crippen LogP contribution < -0.4 is 5.32 Å². The Hall–Kier alpha value is -1.67. The van der Waals surface area contributed by atoms with E-state index in [1.807, 2.05) is 17.5 Å². The third kappa shape index (κ3) is 4.30. The third-order valence-electron chi connectivity index (χ3n) is 4.30. The monoisotopic (exact) mass is 381 g/mol. The number of hydrogen-bond donors (Lipinski definition) is 1. The quantitative estimate of drug-likeness (QED) is 0.834. The lowest BCUT2D eigenvalue weighted by Gasteiger charge is -2.12. The molecule has 0 aliphatic carbocycles. The first-order chi connectivity index (χ1) is 11.9. The molecule has 0 bridgehead atoms. The standard InChI is InChI=1S/C17H23N3O3S2/c1-12(2)5-7-18-17(21)14-10-15(16-4-3-8-24-16)20(19-14)13-6-9-25(22,23)11-13/h3-4,8,10,12-13H,5-7,9,11H2,1-2H3,(H,18,21)/t13-/m0/s1. The summed E-state index contributed by atoms with van der Waals surface area (Å²) in [5, 5.41) is 9.31. The molecule has 1 N–H and O–H groups in total. The predicted octanol–water partition coefficient (Wildman–Crippen LogP) is 2.75. The van der Waals surface area contributed by atoms with Crippen molar-refractivity contribution in [1.29, 1.82) is 0 Å². The van der Waals surface area contributed by atoms with Gasteiger partial charge in [0.05, 0.1) is 28.1 Å². The highest BCUT2D eigenvalue weighted by Crippen LogP contribution is 2.32. The summed E-state index contributed by atoms with van der Waals surface area (Å²) >= 11 is 1.55. The van der Waals surface area contributed by atoms with Gasteiger partial charge in [0.2, 0.25) is 0 Å². The first-order valence-corrected chi connectivity index (χ1v) is 11.2. The molecule has 1 fully saturated rings. The molecule has 3 rings (SSSR count). The highest BCUT2D eigenvalue weighted by atomic mass is 32.2. The largest absolute Gasteiger partial charge is 0.351 e. The second kappa shape index (κ2) is 7.29. The van der Waals surface area contributed by atoms with E-state index in [-0.39, 0.29) is 23.5 Å². The molecule has 8 heteroatoms. The molecule has 1 atom stereocenters. The maximum Gasteiger partial charge on any atom is 0.271 e. The van der Waals surface area contributed by atoms with Gasteiger partial charge in [-0.3, -0.25) is 9.48 Å². The zero-order chi connectivity index (χ0) is 18.0. The number of amides is 1. The van der Waals surface area contributed by atoms with Crippen LogP contribution in [0.2, 0.25) is 0 Å². The van der Waals surface area contributed by atoms with E-state index in [0.29, 0.717) is 24.6 Å². The minimum Gasteiger partial charge on any atom is -0.351 e. The minimum atomic E-state index is -3.02. The summed E-state index contributed by atoms with van der Waals surface area (Å²) in [5.41, 5.74) is 1.16. The summed E-state index contributed by atoms with van der Waals surface area (Å²) in [7, 11) is -3.02. The van der Waals surface area contributed by atoms with Gasteiger partial charge in [0.15, 0.2) is 15.5 Å². The molecule has 1 saturated heterocycles. The maximum atomic E-state index is 12.4. The normalized spacial score (nSPS) is 19.4. The van der Waals surface area contributed by atoms with Gasteiger partial charge in [0.25, 0.3) is 5.91 Å². The van der Waals surface area contributed by atoms with Crippen LogP contribution in [0.25, 0.3) is 10.6 Å². The third-order valence-corrected chi connectivity index (χ3v) is 6.95. The average molecular weight is 382 g/mol. The highest BCUT2D eigenvalue weighted by molar-refractivity contribution is 7.91. The molecule has 3 heterocycles. The Morgan fingerprint density at radius 3 is 2.88 bits per heavy atom. The van der Waals surface area contributed by atoms with E-state index in [4.69, 9.17) is 0 Å². The SMILES string of the molecule is CC(C)CCNC(=O)c1cc(-c2cccs2)n([C@H]2CCS(=O)(=O)C2)n1. The molecular weight excluding hydrogens is 358 g/mol. The van der Waals surface area contributed by atoms with E-state index in [1.165, 1.54) is 0 Å². The van der Waals surface area contributed by atoms with Gasteiger partial charge in [-0.15, -0.1) is 11.3 Å². The fourth-order valence-electron chi connectivity index (χ4n) is 2.93. The highest BCUT2D eigenvalue weighted by Gasteiger charge is 2.32. The summed E-state index contributed by atoms with van der Waals surface area (Å²) in [5.74, 6) is 0.569. The average Bonchev–Trinajstić information content (AvgIpc) is 3.24. The Morgan fingerprint density at radius 2 is 2.28 bits per heavy atom. The van der Waals surface area contributed by atoms with Gasteiger partial charge < -0.3 is 5.32 Å². The van der Waals surface area contributed by atoms with E-state index >= 15 is 0 Å². The van der Waals surface area contributed by atoms with Crippen molar-refractivity contribution in [3.8, 4) is 10.6 Å². The molecule has 1 aliphatic heterocycles. The van der Waals surface area contributed by atoms with Crippen molar-refractivity contribution in [3.05, 3.63) is 29.3 Å². The molecule has 25 heavy (non-hydrogen) atoms. The summed E-state index contributed by atoms with van der Waals surface area (Å²) in [6.07, 6.45) is 1.45. The van der Waals surface area contributed by atoms with E-state index in [9.17, 15) is 13.2 Å². The van der Waals surface area contributed by atoms with E-state index in [2.05, 4.69) is 24.3 Å². The second-order valence-corrected chi connectivity index (χ2v) is 10.0. The molecular formula is C17H23N3O3S2. The molecule has 2 aromatic rings. The van der Waals surface area contributed by atoms with Crippen LogP contribution in [0, 0.1) is 5.92 Å². The zero-order valence-electron chi connectivity index (χ0n) is 14.4. The Morgan fingerprint density at radius 1 is 1.48 bits per heavy atom. The zero-order valence-corrected chi connectivity index (χ0v) is 16.1. The summed E-state index contributed by atoms with van der Waals surface area (Å²) < 4.78 is 25.4. The van der Waals surface area contributed by atoms with Crippen molar-refractivity contribution in [3.63, 3.8) is 0 Å². The first-order valence-electron chi connectivity index (χ1n) is 8.48. The molecule has 1 amide bonds. The summed E-state index contributed by atoms with van der Waals surface area (Å²) in [6.45, 7) is 4.82. The minimum absolute atomic E-state index is 0.0848. The van der Waals surface area contributed by atoms with Crippen LogP contribution in [-0.4, -0.2) is 42.2 Å². The maximum absolute atomic E-state index is 12.4. The van der Waals surface area contributed by atoms with Crippen molar-refractivity contribution >= 4 is 27.1 Å². The number of carbonyl (C=O) groups is 1. The second-order valence-electron chi connectivity index (χ2n) is 6.83. The smallest absolute Gasteiger partial charge is 0.271 e. The van der Waals surface area contributed by atoms with Gasteiger partial charge in [-0.25, -0.2) is 8.42 Å². The topological polar surface area (TPSA) is 81.1 Å². The fourth-order valence-corrected chi connectivity index (χ4v) is 5.35. The van der Waals surface area contributed by atoms with Crippen molar-refractivity contribution < 1.29 is 13.2 Å². The number of rotatable bonds is 6. The van der Waals surface area contributed by atoms with Crippen molar-refractivity contribution in [2.24, 2.45) is 5.92 Å². The number of aromatic nitrogens is 2. The number of sulfone groups is 1. The van der Waals surface area contributed by atoms with Crippen molar-refractivity contribution in [2.45, 2.75) is 32.7 Å². The number of carbonyl (C=O) groups excluding carboxylic acids is 1. The number of nitrogens with one attached hydrogen (secondary N) is 1. The Bertz CT molecular complexity index is 839. The summed E-state index contributed by atoms with van der Waals surface area (Å²) in [4.78, 5) is 13.4. The van der Waals surface area contributed by atoms with Gasteiger partial charge >= 0.3 is 0 Å². The Labute approximate surface area is 152 Å². The van der Waals surface area contributed by atoms with Gasteiger partial charge in [0.1, 0.15) is 0 Å². The number of nitrogens with zero attached hydrogens (tertiary/aromatic N) is 2. The predicted molar refractivity (Wildman–Crippen MR) is 99.6 cm³/mol. The van der Waals surface area contributed by atoms with Crippen LogP contribution in [0.5, 0.6) is 0 Å². The lowest BCUT2D eigenvalue weighted by molar-refractivity contribution is 0.0946. The molecule has 0 unspecified atom stereocenters. The van der Waals surface area contributed by atoms with Gasteiger partial charge in [-0.1, -0.05) is 19.9 Å². The van der Waals surface area contributed by atoms with Crippen LogP contribution >= 0.6 is 11.3 Å². The molecule has 0 saturated carbocycles. The summed E-state index contributed by atoms with van der Waals surface area (Å²) in [6, 6.07) is 5.45. The Balaban J connectivity index is 1.86. The molecule has 1 aliphatic rings. The Kier molecular flexibility index (Phi) is 5.29. The molecule has 2 aromatic heterocycles. The molecule has 0 spiro atoms. The molecule has 6 nitrogen and oxygen atoms in total. The first kappa shape index (κ1) is 18.1. The lowest BCUT2D eigenvalue weighted by atomic mass is 10.1. The van der Waals surface area contributed by atoms with Crippen LogP contribution in [0.3, 0.4) is 0 Å². The van der Waals surface area contributed by atoms with Crippen molar-refractivity contribution in [1.82, 2.24) is 15.1 Å². The van der Waals surface area contributed by atoms with Crippen LogP contribution in [-0.2, 0) is 9.84 Å². The molecule has 0 aromatic carbocycles. The van der Waals surface area contributed by atoms with Crippen molar-refractivity contribution in [2.75, 3.05) is 18.1 Å². The molecule has 0 radical (unpaired) electrons. The number of thiophene rings is 1. The van der Waals surface area contributed by atoms with Crippen LogP contribution in [0.4, 0.5) is 0 Å².